The molecule has 5 nitrogen and oxygen atoms in total. The molecule has 7 heteroatoms. The smallest absolute Gasteiger partial charge is 0.255 e. The average molecular weight is 302 g/mol. The molecule has 1 aliphatic heterocycles. The highest BCUT2D eigenvalue weighted by Crippen LogP contribution is 2.23. The van der Waals surface area contributed by atoms with Crippen LogP contribution in [0.15, 0.2) is 12.3 Å². The van der Waals surface area contributed by atoms with Gasteiger partial charge in [-0.3, -0.25) is 9.59 Å². The Morgan fingerprint density at radius 2 is 2.16 bits per heavy atom. The van der Waals surface area contributed by atoms with E-state index in [0.717, 1.165) is 6.42 Å². The van der Waals surface area contributed by atoms with Gasteiger partial charge < -0.3 is 10.6 Å². The lowest BCUT2D eigenvalue weighted by molar-refractivity contribution is -0.123. The van der Waals surface area contributed by atoms with Crippen LogP contribution in [0, 0.1) is 5.92 Å². The number of halogens is 2. The molecule has 1 atom stereocenters. The van der Waals surface area contributed by atoms with Crippen molar-refractivity contribution in [3.05, 3.63) is 28.0 Å². The number of primary amides is 1. The van der Waals surface area contributed by atoms with Crippen molar-refractivity contribution in [3.8, 4) is 0 Å². The van der Waals surface area contributed by atoms with Crippen LogP contribution in [-0.4, -0.2) is 34.8 Å². The number of pyridine rings is 1. The maximum Gasteiger partial charge on any atom is 0.255 e. The lowest BCUT2D eigenvalue weighted by Crippen LogP contribution is -2.44. The van der Waals surface area contributed by atoms with Crippen molar-refractivity contribution in [2.45, 2.75) is 12.8 Å². The van der Waals surface area contributed by atoms with Gasteiger partial charge in [0.25, 0.3) is 5.91 Å². The summed E-state index contributed by atoms with van der Waals surface area (Å²) in [5, 5.41) is 0.451. The maximum absolute atomic E-state index is 12.3. The van der Waals surface area contributed by atoms with Crippen molar-refractivity contribution in [1.29, 1.82) is 0 Å². The van der Waals surface area contributed by atoms with E-state index in [4.69, 9.17) is 28.9 Å². The zero-order valence-electron chi connectivity index (χ0n) is 10.1. The fourth-order valence-electron chi connectivity index (χ4n) is 2.14. The minimum atomic E-state index is -0.378. The molecule has 0 saturated carbocycles. The third-order valence-electron chi connectivity index (χ3n) is 3.16. The van der Waals surface area contributed by atoms with Crippen LogP contribution in [0.1, 0.15) is 23.2 Å². The van der Waals surface area contributed by atoms with Gasteiger partial charge in [-0.15, -0.1) is 0 Å². The molecular weight excluding hydrogens is 289 g/mol. The molecule has 0 aromatic carbocycles. The van der Waals surface area contributed by atoms with Crippen molar-refractivity contribution >= 4 is 35.0 Å². The number of amides is 2. The molecule has 0 aliphatic carbocycles. The molecule has 2 rings (SSSR count). The molecule has 102 valence electrons. The zero-order valence-corrected chi connectivity index (χ0v) is 11.6. The molecule has 19 heavy (non-hydrogen) atoms. The molecule has 2 N–H and O–H groups in total. The molecule has 2 heterocycles. The standard InChI is InChI=1S/C12H13Cl2N3O2/c13-9-5-16-10(14)4-8(9)12(19)17-3-1-2-7(6-17)11(15)18/h4-5,7H,1-3,6H2,(H2,15,18). The number of piperidine rings is 1. The zero-order chi connectivity index (χ0) is 14.0. The fourth-order valence-corrected chi connectivity index (χ4v) is 2.48. The minimum absolute atomic E-state index is 0.205. The summed E-state index contributed by atoms with van der Waals surface area (Å²) in [6.45, 7) is 0.906. The predicted octanol–water partition coefficient (Wildman–Crippen LogP) is 1.73. The van der Waals surface area contributed by atoms with Crippen LogP contribution in [0.4, 0.5) is 0 Å². The first-order chi connectivity index (χ1) is 8.99. The number of carbonyl (C=O) groups is 2. The predicted molar refractivity (Wildman–Crippen MR) is 72.1 cm³/mol. The van der Waals surface area contributed by atoms with Crippen molar-refractivity contribution in [2.24, 2.45) is 11.7 Å². The second kappa shape index (κ2) is 5.75. The van der Waals surface area contributed by atoms with E-state index >= 15 is 0 Å². The van der Waals surface area contributed by atoms with Crippen molar-refractivity contribution in [2.75, 3.05) is 13.1 Å². The van der Waals surface area contributed by atoms with Crippen molar-refractivity contribution < 1.29 is 9.59 Å². The lowest BCUT2D eigenvalue weighted by Gasteiger charge is -2.31. The van der Waals surface area contributed by atoms with Gasteiger partial charge in [0.2, 0.25) is 5.91 Å². The fraction of sp³-hybridized carbons (Fsp3) is 0.417. The van der Waals surface area contributed by atoms with Crippen LogP contribution in [0.25, 0.3) is 0 Å². The Hall–Kier alpha value is -1.33. The quantitative estimate of drug-likeness (QED) is 0.845. The van der Waals surface area contributed by atoms with Gasteiger partial charge in [-0.25, -0.2) is 4.98 Å². The summed E-state index contributed by atoms with van der Waals surface area (Å²) in [7, 11) is 0. The number of nitrogens with zero attached hydrogens (tertiary/aromatic N) is 2. The van der Waals surface area contributed by atoms with E-state index in [1.54, 1.807) is 4.90 Å². The highest BCUT2D eigenvalue weighted by molar-refractivity contribution is 6.35. The molecule has 1 fully saturated rings. The van der Waals surface area contributed by atoms with Crippen LogP contribution >= 0.6 is 23.2 Å². The first kappa shape index (κ1) is 14.1. The Bertz CT molecular complexity index is 522. The van der Waals surface area contributed by atoms with Crippen LogP contribution in [0.3, 0.4) is 0 Å². The van der Waals surface area contributed by atoms with Crippen LogP contribution < -0.4 is 5.73 Å². The van der Waals surface area contributed by atoms with Gasteiger partial charge in [-0.1, -0.05) is 23.2 Å². The summed E-state index contributed by atoms with van der Waals surface area (Å²) < 4.78 is 0. The molecule has 1 aliphatic rings. The third kappa shape index (κ3) is 3.16. The summed E-state index contributed by atoms with van der Waals surface area (Å²) in [5.41, 5.74) is 5.59. The van der Waals surface area contributed by atoms with Gasteiger partial charge in [-0.05, 0) is 18.9 Å². The van der Waals surface area contributed by atoms with Crippen molar-refractivity contribution in [1.82, 2.24) is 9.88 Å². The Kier molecular flexibility index (Phi) is 4.27. The van der Waals surface area contributed by atoms with E-state index in [2.05, 4.69) is 4.98 Å². The minimum Gasteiger partial charge on any atom is -0.369 e. The summed E-state index contributed by atoms with van der Waals surface area (Å²) in [6.07, 6.45) is 2.80. The van der Waals surface area contributed by atoms with E-state index in [1.807, 2.05) is 0 Å². The normalized spacial score (nSPS) is 19.3. The van der Waals surface area contributed by atoms with Gasteiger partial charge in [0.05, 0.1) is 16.5 Å². The highest BCUT2D eigenvalue weighted by atomic mass is 35.5. The Labute approximate surface area is 120 Å². The van der Waals surface area contributed by atoms with Gasteiger partial charge in [0.15, 0.2) is 0 Å². The van der Waals surface area contributed by atoms with E-state index in [-0.39, 0.29) is 27.9 Å². The molecule has 0 spiro atoms. The van der Waals surface area contributed by atoms with Gasteiger partial charge >= 0.3 is 0 Å². The number of hydrogen-bond donors (Lipinski definition) is 1. The number of rotatable bonds is 2. The molecule has 0 bridgehead atoms. The molecular formula is C12H13Cl2N3O2. The lowest BCUT2D eigenvalue weighted by atomic mass is 9.97. The molecule has 1 saturated heterocycles. The molecule has 1 unspecified atom stereocenters. The summed E-state index contributed by atoms with van der Waals surface area (Å²) in [6, 6.07) is 1.43. The van der Waals surface area contributed by atoms with Gasteiger partial charge in [-0.2, -0.15) is 0 Å². The number of aromatic nitrogens is 1. The Morgan fingerprint density at radius 1 is 1.42 bits per heavy atom. The molecule has 1 aromatic heterocycles. The van der Waals surface area contributed by atoms with Crippen LogP contribution in [0.2, 0.25) is 10.2 Å². The van der Waals surface area contributed by atoms with Gasteiger partial charge in [0, 0.05) is 19.3 Å². The monoisotopic (exact) mass is 301 g/mol. The van der Waals surface area contributed by atoms with Crippen molar-refractivity contribution in [3.63, 3.8) is 0 Å². The largest absolute Gasteiger partial charge is 0.369 e. The molecule has 1 aromatic rings. The first-order valence-electron chi connectivity index (χ1n) is 5.88. The molecule has 2 amide bonds. The van der Waals surface area contributed by atoms with Crippen LogP contribution in [0.5, 0.6) is 0 Å². The molecule has 0 radical (unpaired) electrons. The number of nitrogens with two attached hydrogens (primary N) is 1. The number of carbonyl (C=O) groups excluding carboxylic acids is 2. The summed E-state index contributed by atoms with van der Waals surface area (Å²) in [5.74, 6) is -0.926. The number of likely N-dealkylation sites (tertiary alicyclic amines) is 1. The Balaban J connectivity index is 2.19. The first-order valence-corrected chi connectivity index (χ1v) is 6.64. The second-order valence-corrected chi connectivity index (χ2v) is 5.27. The van der Waals surface area contributed by atoms with E-state index in [1.165, 1.54) is 12.3 Å². The third-order valence-corrected chi connectivity index (χ3v) is 3.67. The maximum atomic E-state index is 12.3. The highest BCUT2D eigenvalue weighted by Gasteiger charge is 2.28. The Morgan fingerprint density at radius 3 is 2.84 bits per heavy atom. The SMILES string of the molecule is NC(=O)C1CCCN(C(=O)c2cc(Cl)ncc2Cl)C1. The second-order valence-electron chi connectivity index (χ2n) is 4.48. The summed E-state index contributed by atoms with van der Waals surface area (Å²) >= 11 is 11.7. The van der Waals surface area contributed by atoms with E-state index in [0.29, 0.717) is 25.1 Å². The summed E-state index contributed by atoms with van der Waals surface area (Å²) in [4.78, 5) is 28.9. The average Bonchev–Trinajstić information content (AvgIpc) is 2.41. The topological polar surface area (TPSA) is 76.3 Å². The van der Waals surface area contributed by atoms with E-state index < -0.39 is 0 Å². The number of hydrogen-bond acceptors (Lipinski definition) is 3. The van der Waals surface area contributed by atoms with Gasteiger partial charge in [0.1, 0.15) is 5.15 Å². The van der Waals surface area contributed by atoms with E-state index in [9.17, 15) is 9.59 Å². The van der Waals surface area contributed by atoms with Crippen LogP contribution in [-0.2, 0) is 4.79 Å².